The van der Waals surface area contributed by atoms with Crippen LogP contribution >= 0.6 is 24.0 Å². The van der Waals surface area contributed by atoms with Gasteiger partial charge in [0.1, 0.15) is 0 Å². The lowest BCUT2D eigenvalue weighted by Gasteiger charge is -2.26. The molecule has 1 aliphatic heterocycles. The standard InChI is InChI=1S/C23H29F3N4O.HI/c1-27-22(28-14-5-6-17-9-11-19(12-10-17)23(24,25)26)29-20-13-15-30(16-20)21(31)18-7-3-2-4-8-18;/h9-12,18,20H,2-4,7-8,13-16H2,1H3,(H2,27,28,29);1H. The first-order chi connectivity index (χ1) is 14.9. The van der Waals surface area contributed by atoms with E-state index < -0.39 is 11.7 Å². The van der Waals surface area contributed by atoms with Crippen molar-refractivity contribution < 1.29 is 18.0 Å². The molecule has 1 heterocycles. The van der Waals surface area contributed by atoms with Gasteiger partial charge in [-0.25, -0.2) is 0 Å². The molecule has 1 aliphatic carbocycles. The van der Waals surface area contributed by atoms with Gasteiger partial charge >= 0.3 is 6.18 Å². The Balaban J connectivity index is 0.00000363. The molecule has 176 valence electrons. The van der Waals surface area contributed by atoms with Crippen LogP contribution in [0.4, 0.5) is 13.2 Å². The second-order valence-electron chi connectivity index (χ2n) is 8.05. The SMILES string of the molecule is CN=C(NCC#Cc1ccc(C(F)(F)F)cc1)NC1CCN(C(=O)C2CCCCC2)C1.I. The number of carbonyl (C=O) groups excluding carboxylic acids is 1. The summed E-state index contributed by atoms with van der Waals surface area (Å²) in [5.41, 5.74) is -0.168. The number of nitrogens with zero attached hydrogens (tertiary/aromatic N) is 2. The minimum Gasteiger partial charge on any atom is -0.352 e. The van der Waals surface area contributed by atoms with Crippen molar-refractivity contribution >= 4 is 35.8 Å². The van der Waals surface area contributed by atoms with E-state index in [0.717, 1.165) is 50.8 Å². The maximum atomic E-state index is 12.7. The van der Waals surface area contributed by atoms with E-state index in [2.05, 4.69) is 27.5 Å². The molecule has 0 spiro atoms. The molecule has 1 unspecified atom stereocenters. The van der Waals surface area contributed by atoms with E-state index in [1.807, 2.05) is 4.90 Å². The highest BCUT2D eigenvalue weighted by atomic mass is 127. The molecule has 0 bridgehead atoms. The van der Waals surface area contributed by atoms with Gasteiger partial charge in [-0.3, -0.25) is 9.79 Å². The molecule has 2 aliphatic rings. The third-order valence-corrected chi connectivity index (χ3v) is 5.81. The van der Waals surface area contributed by atoms with Gasteiger partial charge in [-0.2, -0.15) is 13.2 Å². The summed E-state index contributed by atoms with van der Waals surface area (Å²) >= 11 is 0. The third-order valence-electron chi connectivity index (χ3n) is 5.81. The molecule has 1 atom stereocenters. The van der Waals surface area contributed by atoms with Gasteiger partial charge in [0.15, 0.2) is 5.96 Å². The molecule has 9 heteroatoms. The Morgan fingerprint density at radius 1 is 1.16 bits per heavy atom. The number of nitrogens with one attached hydrogen (secondary N) is 2. The highest BCUT2D eigenvalue weighted by Crippen LogP contribution is 2.29. The Kier molecular flexibility index (Phi) is 10.1. The minimum atomic E-state index is -4.34. The second-order valence-corrected chi connectivity index (χ2v) is 8.05. The number of carbonyl (C=O) groups is 1. The topological polar surface area (TPSA) is 56.7 Å². The lowest BCUT2D eigenvalue weighted by atomic mass is 9.88. The summed E-state index contributed by atoms with van der Waals surface area (Å²) in [4.78, 5) is 18.9. The maximum Gasteiger partial charge on any atom is 0.416 e. The van der Waals surface area contributed by atoms with E-state index in [0.29, 0.717) is 24.6 Å². The molecule has 3 rings (SSSR count). The van der Waals surface area contributed by atoms with Gasteiger partial charge in [-0.05, 0) is 43.5 Å². The highest BCUT2D eigenvalue weighted by Gasteiger charge is 2.32. The van der Waals surface area contributed by atoms with Gasteiger partial charge < -0.3 is 15.5 Å². The lowest BCUT2D eigenvalue weighted by molar-refractivity contribution is -0.137. The lowest BCUT2D eigenvalue weighted by Crippen LogP contribution is -2.45. The van der Waals surface area contributed by atoms with Crippen LogP contribution in [-0.4, -0.2) is 49.5 Å². The first-order valence-electron chi connectivity index (χ1n) is 10.8. The van der Waals surface area contributed by atoms with E-state index in [4.69, 9.17) is 0 Å². The average Bonchev–Trinajstić information content (AvgIpc) is 3.24. The number of rotatable bonds is 3. The Morgan fingerprint density at radius 3 is 2.47 bits per heavy atom. The summed E-state index contributed by atoms with van der Waals surface area (Å²) in [6, 6.07) is 4.91. The van der Waals surface area contributed by atoms with Crippen LogP contribution in [0.2, 0.25) is 0 Å². The summed E-state index contributed by atoms with van der Waals surface area (Å²) in [5.74, 6) is 6.80. The Labute approximate surface area is 204 Å². The van der Waals surface area contributed by atoms with Crippen molar-refractivity contribution in [3.8, 4) is 11.8 Å². The number of likely N-dealkylation sites (tertiary alicyclic amines) is 1. The summed E-state index contributed by atoms with van der Waals surface area (Å²) in [5, 5.41) is 6.42. The Bertz CT molecular complexity index is 840. The first-order valence-corrected chi connectivity index (χ1v) is 10.8. The van der Waals surface area contributed by atoms with Crippen LogP contribution < -0.4 is 10.6 Å². The van der Waals surface area contributed by atoms with Crippen LogP contribution in [0.5, 0.6) is 0 Å². The number of amides is 1. The van der Waals surface area contributed by atoms with Crippen molar-refractivity contribution in [1.82, 2.24) is 15.5 Å². The van der Waals surface area contributed by atoms with Crippen molar-refractivity contribution in [2.45, 2.75) is 50.7 Å². The van der Waals surface area contributed by atoms with Gasteiger partial charge in [0, 0.05) is 37.7 Å². The largest absolute Gasteiger partial charge is 0.416 e. The quantitative estimate of drug-likeness (QED) is 0.254. The van der Waals surface area contributed by atoms with Crippen LogP contribution in [0, 0.1) is 17.8 Å². The molecule has 1 aromatic carbocycles. The number of alkyl halides is 3. The fourth-order valence-corrected chi connectivity index (χ4v) is 4.09. The minimum absolute atomic E-state index is 0. The molecule has 32 heavy (non-hydrogen) atoms. The average molecular weight is 562 g/mol. The van der Waals surface area contributed by atoms with Crippen LogP contribution in [0.1, 0.15) is 49.7 Å². The molecule has 1 aromatic rings. The summed E-state index contributed by atoms with van der Waals surface area (Å²) in [7, 11) is 1.67. The monoisotopic (exact) mass is 562 g/mol. The smallest absolute Gasteiger partial charge is 0.352 e. The number of aliphatic imine (C=N–C) groups is 1. The third kappa shape index (κ3) is 7.57. The summed E-state index contributed by atoms with van der Waals surface area (Å²) in [6.07, 6.45) is 2.07. The Hall–Kier alpha value is -1.96. The van der Waals surface area contributed by atoms with Crippen LogP contribution in [0.15, 0.2) is 29.3 Å². The molecule has 1 saturated carbocycles. The molecule has 2 N–H and O–H groups in total. The van der Waals surface area contributed by atoms with E-state index in [-0.39, 0.29) is 41.8 Å². The van der Waals surface area contributed by atoms with Crippen molar-refractivity contribution in [3.05, 3.63) is 35.4 Å². The molecular weight excluding hydrogens is 532 g/mol. The van der Waals surface area contributed by atoms with Crippen LogP contribution in [0.25, 0.3) is 0 Å². The molecule has 2 fully saturated rings. The van der Waals surface area contributed by atoms with E-state index in [1.165, 1.54) is 18.6 Å². The fraction of sp³-hybridized carbons (Fsp3) is 0.565. The number of benzene rings is 1. The van der Waals surface area contributed by atoms with E-state index in [1.54, 1.807) is 7.05 Å². The van der Waals surface area contributed by atoms with Crippen molar-refractivity contribution in [2.24, 2.45) is 10.9 Å². The van der Waals surface area contributed by atoms with Crippen LogP contribution in [-0.2, 0) is 11.0 Å². The van der Waals surface area contributed by atoms with Crippen LogP contribution in [0.3, 0.4) is 0 Å². The van der Waals surface area contributed by atoms with Gasteiger partial charge in [0.2, 0.25) is 5.91 Å². The predicted molar refractivity (Wildman–Crippen MR) is 130 cm³/mol. The summed E-state index contributed by atoms with van der Waals surface area (Å²) < 4.78 is 37.8. The second kappa shape index (κ2) is 12.3. The van der Waals surface area contributed by atoms with Gasteiger partial charge in [-0.1, -0.05) is 31.1 Å². The van der Waals surface area contributed by atoms with E-state index >= 15 is 0 Å². The zero-order valence-electron chi connectivity index (χ0n) is 18.2. The number of hydrogen-bond donors (Lipinski definition) is 2. The Morgan fingerprint density at radius 2 is 1.84 bits per heavy atom. The molecule has 1 saturated heterocycles. The van der Waals surface area contributed by atoms with E-state index in [9.17, 15) is 18.0 Å². The van der Waals surface area contributed by atoms with Crippen molar-refractivity contribution in [2.75, 3.05) is 26.7 Å². The van der Waals surface area contributed by atoms with Crippen molar-refractivity contribution in [3.63, 3.8) is 0 Å². The first kappa shape index (κ1) is 26.3. The zero-order chi connectivity index (χ0) is 22.3. The van der Waals surface area contributed by atoms with Gasteiger partial charge in [0.25, 0.3) is 0 Å². The zero-order valence-corrected chi connectivity index (χ0v) is 20.5. The maximum absolute atomic E-state index is 12.7. The molecule has 0 aromatic heterocycles. The summed E-state index contributed by atoms with van der Waals surface area (Å²) in [6.45, 7) is 1.74. The number of halogens is 4. The molecule has 0 radical (unpaired) electrons. The molecule has 1 amide bonds. The van der Waals surface area contributed by atoms with Gasteiger partial charge in [0.05, 0.1) is 12.1 Å². The highest BCUT2D eigenvalue weighted by molar-refractivity contribution is 14.0. The fourth-order valence-electron chi connectivity index (χ4n) is 4.09. The van der Waals surface area contributed by atoms with Crippen molar-refractivity contribution in [1.29, 1.82) is 0 Å². The number of guanidine groups is 1. The number of hydrogen-bond acceptors (Lipinski definition) is 2. The normalized spacial score (nSPS) is 19.6. The molecular formula is C23H30F3IN4O. The predicted octanol–water partition coefficient (Wildman–Crippen LogP) is 4.02. The molecule has 5 nitrogen and oxygen atoms in total. The van der Waals surface area contributed by atoms with Gasteiger partial charge in [-0.15, -0.1) is 24.0 Å².